The molecule has 0 atom stereocenters. The highest BCUT2D eigenvalue weighted by Crippen LogP contribution is 2.29. The van der Waals surface area contributed by atoms with Crippen LogP contribution in [0.25, 0.3) is 0 Å². The van der Waals surface area contributed by atoms with E-state index in [0.717, 1.165) is 24.6 Å². The number of ether oxygens (including phenoxy) is 2. The molecule has 2 fully saturated rings. The number of carbonyl (C=O) groups is 2. The standard InChI is InChI=1S/C26H36N4O5S/c1-5-34-24(32)18-8-10-30(11-9-18)23(31)20-7-6-19(35-20)17-36-25-27-21(26(2,3)4)16-22(28-25)29-12-14-33-15-13-29/h6-7,16,18H,5,8-15,17H2,1-4H3. The van der Waals surface area contributed by atoms with Crippen molar-refractivity contribution >= 4 is 29.5 Å². The highest BCUT2D eigenvalue weighted by molar-refractivity contribution is 7.98. The van der Waals surface area contributed by atoms with E-state index in [0.29, 0.717) is 68.2 Å². The third-order valence-electron chi connectivity index (χ3n) is 6.41. The second-order valence-electron chi connectivity index (χ2n) is 10.1. The number of rotatable bonds is 7. The summed E-state index contributed by atoms with van der Waals surface area (Å²) in [4.78, 5) is 38.5. The molecule has 0 bridgehead atoms. The van der Waals surface area contributed by atoms with Crippen LogP contribution in [0.3, 0.4) is 0 Å². The van der Waals surface area contributed by atoms with Gasteiger partial charge in [0.05, 0.1) is 37.2 Å². The predicted molar refractivity (Wildman–Crippen MR) is 137 cm³/mol. The van der Waals surface area contributed by atoms with E-state index < -0.39 is 0 Å². The second kappa shape index (κ2) is 11.6. The number of hydrogen-bond acceptors (Lipinski definition) is 9. The summed E-state index contributed by atoms with van der Waals surface area (Å²) < 4.78 is 16.5. The monoisotopic (exact) mass is 516 g/mol. The Bertz CT molecular complexity index is 1050. The number of furan rings is 1. The van der Waals surface area contributed by atoms with Crippen LogP contribution in [-0.4, -0.2) is 72.7 Å². The summed E-state index contributed by atoms with van der Waals surface area (Å²) in [6.45, 7) is 12.7. The smallest absolute Gasteiger partial charge is 0.309 e. The third-order valence-corrected chi connectivity index (χ3v) is 7.28. The lowest BCUT2D eigenvalue weighted by Crippen LogP contribution is -2.40. The number of likely N-dealkylation sites (tertiary alicyclic amines) is 1. The van der Waals surface area contributed by atoms with Crippen molar-refractivity contribution in [3.05, 3.63) is 35.4 Å². The number of thioether (sulfide) groups is 1. The minimum atomic E-state index is -0.170. The summed E-state index contributed by atoms with van der Waals surface area (Å²) in [5, 5.41) is 0.689. The van der Waals surface area contributed by atoms with Crippen LogP contribution in [0.1, 0.15) is 62.5 Å². The van der Waals surface area contributed by atoms with Crippen molar-refractivity contribution in [1.29, 1.82) is 0 Å². The zero-order chi connectivity index (χ0) is 25.7. The molecule has 0 radical (unpaired) electrons. The Morgan fingerprint density at radius 2 is 1.83 bits per heavy atom. The lowest BCUT2D eigenvalue weighted by molar-refractivity contribution is -0.149. The van der Waals surface area contributed by atoms with Crippen LogP contribution in [0, 0.1) is 5.92 Å². The lowest BCUT2D eigenvalue weighted by Gasteiger charge is -2.30. The second-order valence-corrected chi connectivity index (χ2v) is 11.1. The van der Waals surface area contributed by atoms with Gasteiger partial charge in [-0.1, -0.05) is 32.5 Å². The molecule has 4 heterocycles. The van der Waals surface area contributed by atoms with Crippen LogP contribution in [-0.2, 0) is 25.4 Å². The topological polar surface area (TPSA) is 98.0 Å². The molecule has 0 aliphatic carbocycles. The molecule has 2 aliphatic heterocycles. The van der Waals surface area contributed by atoms with E-state index in [4.69, 9.17) is 23.9 Å². The first-order valence-electron chi connectivity index (χ1n) is 12.6. The van der Waals surface area contributed by atoms with E-state index in [1.807, 2.05) is 6.07 Å². The number of amides is 1. The SMILES string of the molecule is CCOC(=O)C1CCN(C(=O)c2ccc(CSc3nc(N4CCOCC4)cc(C(C)(C)C)n3)o2)CC1. The Balaban J connectivity index is 1.38. The molecule has 1 amide bonds. The van der Waals surface area contributed by atoms with E-state index >= 15 is 0 Å². The summed E-state index contributed by atoms with van der Waals surface area (Å²) in [5.74, 6) is 2.01. The zero-order valence-electron chi connectivity index (χ0n) is 21.6. The van der Waals surface area contributed by atoms with E-state index in [2.05, 4.69) is 31.7 Å². The van der Waals surface area contributed by atoms with E-state index in [1.54, 1.807) is 17.9 Å². The number of aromatic nitrogens is 2. The summed E-state index contributed by atoms with van der Waals surface area (Å²) in [6.07, 6.45) is 1.22. The van der Waals surface area contributed by atoms with Gasteiger partial charge in [-0.25, -0.2) is 9.97 Å². The van der Waals surface area contributed by atoms with Gasteiger partial charge in [-0.3, -0.25) is 9.59 Å². The normalized spacial score (nSPS) is 17.3. The van der Waals surface area contributed by atoms with Crippen molar-refractivity contribution in [2.24, 2.45) is 5.92 Å². The lowest BCUT2D eigenvalue weighted by atomic mass is 9.92. The maximum absolute atomic E-state index is 12.9. The van der Waals surface area contributed by atoms with Gasteiger partial charge in [0, 0.05) is 37.7 Å². The molecule has 0 aromatic carbocycles. The quantitative estimate of drug-likeness (QED) is 0.308. The highest BCUT2D eigenvalue weighted by atomic mass is 32.2. The Morgan fingerprint density at radius 1 is 1.11 bits per heavy atom. The van der Waals surface area contributed by atoms with Crippen molar-refractivity contribution in [3.63, 3.8) is 0 Å². The summed E-state index contributed by atoms with van der Waals surface area (Å²) in [7, 11) is 0. The number of hydrogen-bond donors (Lipinski definition) is 0. The number of morpholine rings is 1. The average molecular weight is 517 g/mol. The molecule has 2 aliphatic rings. The maximum Gasteiger partial charge on any atom is 0.309 e. The number of nitrogens with zero attached hydrogens (tertiary/aromatic N) is 4. The van der Waals surface area contributed by atoms with Crippen LogP contribution < -0.4 is 4.90 Å². The van der Waals surface area contributed by atoms with Gasteiger partial charge in [-0.15, -0.1) is 0 Å². The summed E-state index contributed by atoms with van der Waals surface area (Å²) in [5.41, 5.74) is 0.882. The Kier molecular flexibility index (Phi) is 8.56. The van der Waals surface area contributed by atoms with Crippen molar-refractivity contribution in [2.45, 2.75) is 56.9 Å². The van der Waals surface area contributed by atoms with Crippen LogP contribution in [0.5, 0.6) is 0 Å². The van der Waals surface area contributed by atoms with Crippen LogP contribution in [0.2, 0.25) is 0 Å². The maximum atomic E-state index is 12.9. The molecular weight excluding hydrogens is 480 g/mol. The number of esters is 1. The molecule has 0 unspecified atom stereocenters. The number of anilines is 1. The first-order valence-corrected chi connectivity index (χ1v) is 13.6. The highest BCUT2D eigenvalue weighted by Gasteiger charge is 2.30. The summed E-state index contributed by atoms with van der Waals surface area (Å²) >= 11 is 1.50. The molecule has 0 spiro atoms. The van der Waals surface area contributed by atoms with Gasteiger partial charge in [-0.2, -0.15) is 0 Å². The molecule has 2 aromatic heterocycles. The van der Waals surface area contributed by atoms with Crippen molar-refractivity contribution in [2.75, 3.05) is 50.9 Å². The largest absolute Gasteiger partial charge is 0.466 e. The van der Waals surface area contributed by atoms with Gasteiger partial charge in [-0.05, 0) is 31.9 Å². The van der Waals surface area contributed by atoms with Gasteiger partial charge in [0.15, 0.2) is 10.9 Å². The van der Waals surface area contributed by atoms with E-state index in [1.165, 1.54) is 11.8 Å². The molecule has 2 aromatic rings. The fourth-order valence-corrected chi connectivity index (χ4v) is 5.00. The third kappa shape index (κ3) is 6.59. The van der Waals surface area contributed by atoms with Gasteiger partial charge < -0.3 is 23.7 Å². The predicted octanol–water partition coefficient (Wildman–Crippen LogP) is 3.91. The zero-order valence-corrected chi connectivity index (χ0v) is 22.4. The minimum Gasteiger partial charge on any atom is -0.466 e. The van der Waals surface area contributed by atoms with Gasteiger partial charge in [0.2, 0.25) is 0 Å². The molecule has 10 heteroatoms. The minimum absolute atomic E-state index is 0.107. The van der Waals surface area contributed by atoms with Gasteiger partial charge in [0.25, 0.3) is 5.91 Å². The van der Waals surface area contributed by atoms with Crippen molar-refractivity contribution in [1.82, 2.24) is 14.9 Å². The summed E-state index contributed by atoms with van der Waals surface area (Å²) in [6, 6.07) is 5.63. The van der Waals surface area contributed by atoms with E-state index in [-0.39, 0.29) is 23.2 Å². The fraction of sp³-hybridized carbons (Fsp3) is 0.615. The Hall–Kier alpha value is -2.59. The van der Waals surface area contributed by atoms with Crippen LogP contribution in [0.15, 0.2) is 27.8 Å². The average Bonchev–Trinajstić information content (AvgIpc) is 3.36. The van der Waals surface area contributed by atoms with Gasteiger partial charge >= 0.3 is 5.97 Å². The molecule has 0 N–H and O–H groups in total. The Labute approximate surface area is 216 Å². The number of piperidine rings is 1. The number of carbonyl (C=O) groups excluding carboxylic acids is 2. The fourth-order valence-electron chi connectivity index (χ4n) is 4.26. The van der Waals surface area contributed by atoms with Crippen LogP contribution in [0.4, 0.5) is 5.82 Å². The molecule has 9 nitrogen and oxygen atoms in total. The molecule has 196 valence electrons. The Morgan fingerprint density at radius 3 is 2.50 bits per heavy atom. The van der Waals surface area contributed by atoms with E-state index in [9.17, 15) is 9.59 Å². The van der Waals surface area contributed by atoms with Gasteiger partial charge in [0.1, 0.15) is 11.6 Å². The van der Waals surface area contributed by atoms with Crippen molar-refractivity contribution < 1.29 is 23.5 Å². The first-order chi connectivity index (χ1) is 17.2. The van der Waals surface area contributed by atoms with Crippen LogP contribution >= 0.6 is 11.8 Å². The molecule has 2 saturated heterocycles. The first kappa shape index (κ1) is 26.5. The molecule has 36 heavy (non-hydrogen) atoms. The molecular formula is C26H36N4O5S. The molecule has 0 saturated carbocycles. The molecule has 4 rings (SSSR count). The van der Waals surface area contributed by atoms with Crippen molar-refractivity contribution in [3.8, 4) is 0 Å².